The molecule has 1 aromatic carbocycles. The average molecular weight is 399 g/mol. The minimum atomic E-state index is -4.50. The van der Waals surface area contributed by atoms with Crippen LogP contribution in [-0.2, 0) is 11.0 Å². The summed E-state index contributed by atoms with van der Waals surface area (Å²) in [6, 6.07) is 2.35. The first-order valence-corrected chi connectivity index (χ1v) is 11.4. The van der Waals surface area contributed by atoms with Gasteiger partial charge in [0.1, 0.15) is 14.1 Å². The lowest BCUT2D eigenvalue weighted by atomic mass is 10.1. The van der Waals surface area contributed by atoms with Crippen LogP contribution in [0, 0.1) is 11.5 Å². The van der Waals surface area contributed by atoms with Crippen LogP contribution >= 0.6 is 0 Å². The minimum absolute atomic E-state index is 0.0161. The zero-order valence-electron chi connectivity index (χ0n) is 16.0. The maximum Gasteiger partial charge on any atom is 0.416 e. The second-order valence-electron chi connectivity index (χ2n) is 7.82. The summed E-state index contributed by atoms with van der Waals surface area (Å²) in [6.45, 7) is 10.4. The highest BCUT2D eigenvalue weighted by atomic mass is 28.3. The molecule has 0 saturated heterocycles. The summed E-state index contributed by atoms with van der Waals surface area (Å²) < 4.78 is 37.7. The fourth-order valence-electron chi connectivity index (χ4n) is 1.81. The number of alkyl halides is 3. The molecule has 1 amide bonds. The number of amides is 1. The Morgan fingerprint density at radius 1 is 1.15 bits per heavy atom. The van der Waals surface area contributed by atoms with E-state index >= 15 is 0 Å². The molecule has 0 saturated carbocycles. The van der Waals surface area contributed by atoms with Gasteiger partial charge in [-0.2, -0.15) is 13.2 Å². The third kappa shape index (κ3) is 6.43. The van der Waals surface area contributed by atoms with E-state index in [9.17, 15) is 27.9 Å². The van der Waals surface area contributed by atoms with Gasteiger partial charge < -0.3 is 10.4 Å². The number of carboxylic acids is 1. The number of hydrogen-bond donors (Lipinski definition) is 2. The Balaban J connectivity index is 2.87. The van der Waals surface area contributed by atoms with Gasteiger partial charge in [-0.15, -0.1) is 11.5 Å². The number of aliphatic carboxylic acids is 1. The molecule has 0 aliphatic carbocycles. The lowest BCUT2D eigenvalue weighted by Crippen LogP contribution is -2.41. The van der Waals surface area contributed by atoms with E-state index in [-0.39, 0.29) is 17.0 Å². The number of carbonyl (C=O) groups excluding carboxylic acids is 1. The second-order valence-corrected chi connectivity index (χ2v) is 12.8. The molecule has 8 heteroatoms. The van der Waals surface area contributed by atoms with Gasteiger partial charge in [0.25, 0.3) is 5.91 Å². The van der Waals surface area contributed by atoms with Gasteiger partial charge in [-0.05, 0) is 29.3 Å². The second kappa shape index (κ2) is 8.17. The summed E-state index contributed by atoms with van der Waals surface area (Å²) in [5.74, 6) is 0.858. The monoisotopic (exact) mass is 399 g/mol. The molecule has 0 spiro atoms. The van der Waals surface area contributed by atoms with Crippen LogP contribution in [0.15, 0.2) is 24.3 Å². The Kier molecular flexibility index (Phi) is 6.89. The maximum atomic E-state index is 12.6. The van der Waals surface area contributed by atoms with E-state index in [2.05, 4.69) is 50.6 Å². The van der Waals surface area contributed by atoms with Crippen LogP contribution in [0.5, 0.6) is 0 Å². The molecule has 1 aromatic rings. The molecule has 0 aliphatic heterocycles. The van der Waals surface area contributed by atoms with Gasteiger partial charge in [-0.3, -0.25) is 4.79 Å². The summed E-state index contributed by atoms with van der Waals surface area (Å²) >= 11 is 0. The van der Waals surface area contributed by atoms with Gasteiger partial charge in [0, 0.05) is 12.0 Å². The highest BCUT2D eigenvalue weighted by Gasteiger charge is 2.34. The van der Waals surface area contributed by atoms with Crippen molar-refractivity contribution in [3.63, 3.8) is 0 Å². The Bertz CT molecular complexity index is 754. The van der Waals surface area contributed by atoms with Crippen LogP contribution in [0.2, 0.25) is 18.1 Å². The topological polar surface area (TPSA) is 66.4 Å². The minimum Gasteiger partial charge on any atom is -0.480 e. The summed E-state index contributed by atoms with van der Waals surface area (Å²) in [4.78, 5) is 23.5. The van der Waals surface area contributed by atoms with E-state index in [1.165, 1.54) is 0 Å². The number of nitrogens with one attached hydrogen (secondary N) is 1. The van der Waals surface area contributed by atoms with E-state index in [1.807, 2.05) is 0 Å². The van der Waals surface area contributed by atoms with Gasteiger partial charge in [-0.25, -0.2) is 4.79 Å². The van der Waals surface area contributed by atoms with Crippen molar-refractivity contribution in [1.82, 2.24) is 5.32 Å². The van der Waals surface area contributed by atoms with E-state index < -0.39 is 37.7 Å². The standard InChI is InChI=1S/C19H24F3NO3Si/c1-18(2,3)27(4,5)12-6-7-15(17(25)26)23-16(24)13-8-10-14(11-9-13)19(20,21)22/h8-11,15H,7H2,1-5H3,(H,23,24)(H,25,26)/t15-/m1/s1. The Morgan fingerprint density at radius 2 is 1.67 bits per heavy atom. The van der Waals surface area contributed by atoms with Crippen LogP contribution in [0.25, 0.3) is 0 Å². The molecule has 0 radical (unpaired) electrons. The maximum absolute atomic E-state index is 12.6. The molecule has 0 aromatic heterocycles. The SMILES string of the molecule is CC(C)(C)[Si](C)(C)C#CC[C@@H](NC(=O)c1ccc(C(F)(F)F)cc1)C(=O)O. The zero-order chi connectivity index (χ0) is 21.0. The van der Waals surface area contributed by atoms with E-state index in [0.29, 0.717) is 0 Å². The third-order valence-electron chi connectivity index (χ3n) is 4.66. The molecular weight excluding hydrogens is 375 g/mol. The predicted octanol–water partition coefficient (Wildman–Crippen LogP) is 4.33. The quantitative estimate of drug-likeness (QED) is 0.585. The normalized spacial score (nSPS) is 13.3. The lowest BCUT2D eigenvalue weighted by Gasteiger charge is -2.31. The fourth-order valence-corrected chi connectivity index (χ4v) is 2.73. The Hall–Kier alpha value is -2.27. The van der Waals surface area contributed by atoms with Crippen molar-refractivity contribution in [2.45, 2.75) is 57.5 Å². The number of carbonyl (C=O) groups is 2. The average Bonchev–Trinajstić information content (AvgIpc) is 2.51. The molecule has 0 heterocycles. The number of benzene rings is 1. The van der Waals surface area contributed by atoms with Gasteiger partial charge >= 0.3 is 12.1 Å². The van der Waals surface area contributed by atoms with Crippen LogP contribution in [0.4, 0.5) is 13.2 Å². The first-order valence-electron chi connectivity index (χ1n) is 8.36. The number of halogens is 3. The highest BCUT2D eigenvalue weighted by Crippen LogP contribution is 2.35. The molecule has 4 nitrogen and oxygen atoms in total. The fraction of sp³-hybridized carbons (Fsp3) is 0.474. The van der Waals surface area contributed by atoms with Crippen molar-refractivity contribution >= 4 is 20.0 Å². The largest absolute Gasteiger partial charge is 0.480 e. The van der Waals surface area contributed by atoms with Gasteiger partial charge in [0.05, 0.1) is 5.56 Å². The molecule has 0 unspecified atom stereocenters. The summed E-state index contributed by atoms with van der Waals surface area (Å²) in [6.07, 6.45) is -4.58. The summed E-state index contributed by atoms with van der Waals surface area (Å²) in [5.41, 5.74) is 2.24. The molecule has 0 bridgehead atoms. The van der Waals surface area contributed by atoms with Crippen LogP contribution in [0.3, 0.4) is 0 Å². The zero-order valence-corrected chi connectivity index (χ0v) is 17.0. The third-order valence-corrected chi connectivity index (χ3v) is 9.21. The lowest BCUT2D eigenvalue weighted by molar-refractivity contribution is -0.139. The van der Waals surface area contributed by atoms with Crippen molar-refractivity contribution in [3.05, 3.63) is 35.4 Å². The van der Waals surface area contributed by atoms with E-state index in [4.69, 9.17) is 0 Å². The smallest absolute Gasteiger partial charge is 0.416 e. The Labute approximate surface area is 158 Å². The van der Waals surface area contributed by atoms with Crippen molar-refractivity contribution in [3.8, 4) is 11.5 Å². The molecule has 2 N–H and O–H groups in total. The molecule has 1 atom stereocenters. The molecule has 148 valence electrons. The van der Waals surface area contributed by atoms with Crippen LogP contribution < -0.4 is 5.32 Å². The predicted molar refractivity (Wildman–Crippen MR) is 99.9 cm³/mol. The van der Waals surface area contributed by atoms with Gasteiger partial charge in [-0.1, -0.05) is 33.9 Å². The molecule has 1 rings (SSSR count). The molecular formula is C19H24F3NO3Si. The van der Waals surface area contributed by atoms with Crippen molar-refractivity contribution in [2.24, 2.45) is 0 Å². The first-order chi connectivity index (χ1) is 12.1. The van der Waals surface area contributed by atoms with Crippen molar-refractivity contribution in [1.29, 1.82) is 0 Å². The molecule has 0 aliphatic rings. The van der Waals surface area contributed by atoms with Crippen molar-refractivity contribution in [2.75, 3.05) is 0 Å². The van der Waals surface area contributed by atoms with Gasteiger partial charge in [0.15, 0.2) is 0 Å². The van der Waals surface area contributed by atoms with E-state index in [0.717, 1.165) is 24.3 Å². The summed E-state index contributed by atoms with van der Waals surface area (Å²) in [7, 11) is -1.91. The molecule has 0 fully saturated rings. The van der Waals surface area contributed by atoms with Crippen molar-refractivity contribution < 1.29 is 27.9 Å². The number of rotatable bonds is 4. The van der Waals surface area contributed by atoms with Crippen LogP contribution in [-0.4, -0.2) is 31.1 Å². The Morgan fingerprint density at radius 3 is 2.07 bits per heavy atom. The van der Waals surface area contributed by atoms with Crippen LogP contribution in [0.1, 0.15) is 43.1 Å². The first kappa shape index (κ1) is 22.8. The highest BCUT2D eigenvalue weighted by molar-refractivity contribution is 6.87. The van der Waals surface area contributed by atoms with E-state index in [1.54, 1.807) is 0 Å². The number of carboxylic acid groups (broad SMARTS) is 1. The molecule has 27 heavy (non-hydrogen) atoms. The van der Waals surface area contributed by atoms with Gasteiger partial charge in [0.2, 0.25) is 0 Å². The summed E-state index contributed by atoms with van der Waals surface area (Å²) in [5, 5.41) is 11.6. The number of hydrogen-bond acceptors (Lipinski definition) is 2.